The molecule has 1 N–H and O–H groups in total. The van der Waals surface area contributed by atoms with Crippen LogP contribution >= 0.6 is 23.5 Å². The number of nitrogens with one attached hydrogen (secondary N) is 1. The van der Waals surface area contributed by atoms with E-state index in [0.29, 0.717) is 13.0 Å². The predicted octanol–water partition coefficient (Wildman–Crippen LogP) is 2.73. The topological polar surface area (TPSA) is 52.7 Å². The second-order valence-corrected chi connectivity index (χ2v) is 8.22. The smallest absolute Gasteiger partial charge is 0.281 e. The summed E-state index contributed by atoms with van der Waals surface area (Å²) in [6.07, 6.45) is 0.348. The van der Waals surface area contributed by atoms with E-state index in [-0.39, 0.29) is 11.1 Å². The highest BCUT2D eigenvalue weighted by Gasteiger charge is 2.21. The lowest BCUT2D eigenvalue weighted by atomic mass is 10.1. The third-order valence-corrected chi connectivity index (χ3v) is 6.08. The minimum absolute atomic E-state index is 0.0265. The Labute approximate surface area is 151 Å². The molecule has 0 saturated carbocycles. The number of anilines is 1. The van der Waals surface area contributed by atoms with Crippen LogP contribution in [0.3, 0.4) is 0 Å². The van der Waals surface area contributed by atoms with E-state index in [1.807, 2.05) is 30.0 Å². The molecule has 7 heteroatoms. The maximum Gasteiger partial charge on any atom is 0.281 e. The first kappa shape index (κ1) is 17.6. The largest absolute Gasteiger partial charge is 0.332 e. The SMILES string of the molecule is O=C(CCN1CCSC1=O)Nc1ccccc1CN1CCSCC1. The zero-order chi connectivity index (χ0) is 16.8. The van der Waals surface area contributed by atoms with Crippen LogP contribution in [0.5, 0.6) is 0 Å². The average molecular weight is 366 g/mol. The van der Waals surface area contributed by atoms with Gasteiger partial charge in [-0.25, -0.2) is 0 Å². The number of nitrogens with zero attached hydrogens (tertiary/aromatic N) is 2. The minimum Gasteiger partial charge on any atom is -0.332 e. The molecule has 2 saturated heterocycles. The third kappa shape index (κ3) is 4.91. The van der Waals surface area contributed by atoms with Gasteiger partial charge in [-0.1, -0.05) is 30.0 Å². The number of hydrogen-bond acceptors (Lipinski definition) is 5. The zero-order valence-electron chi connectivity index (χ0n) is 13.7. The lowest BCUT2D eigenvalue weighted by Crippen LogP contribution is -2.32. The molecule has 3 rings (SSSR count). The van der Waals surface area contributed by atoms with Crippen molar-refractivity contribution in [1.82, 2.24) is 9.80 Å². The highest BCUT2D eigenvalue weighted by atomic mass is 32.2. The van der Waals surface area contributed by atoms with Crippen LogP contribution in [-0.4, -0.2) is 64.4 Å². The second kappa shape index (κ2) is 8.78. The Bertz CT molecular complexity index is 591. The second-order valence-electron chi connectivity index (χ2n) is 5.95. The Kier molecular flexibility index (Phi) is 6.45. The van der Waals surface area contributed by atoms with Gasteiger partial charge in [0.25, 0.3) is 5.24 Å². The lowest BCUT2D eigenvalue weighted by Gasteiger charge is -2.27. The number of rotatable bonds is 6. The van der Waals surface area contributed by atoms with Crippen molar-refractivity contribution in [2.45, 2.75) is 13.0 Å². The van der Waals surface area contributed by atoms with Crippen molar-refractivity contribution < 1.29 is 9.59 Å². The van der Waals surface area contributed by atoms with Gasteiger partial charge in [0, 0.05) is 62.1 Å². The van der Waals surface area contributed by atoms with Crippen molar-refractivity contribution in [2.24, 2.45) is 0 Å². The van der Waals surface area contributed by atoms with E-state index in [1.165, 1.54) is 23.3 Å². The third-order valence-electron chi connectivity index (χ3n) is 4.24. The molecule has 1 aromatic carbocycles. The fourth-order valence-corrected chi connectivity index (χ4v) is 4.69. The van der Waals surface area contributed by atoms with Crippen LogP contribution in [0.25, 0.3) is 0 Å². The van der Waals surface area contributed by atoms with E-state index in [0.717, 1.165) is 43.2 Å². The highest BCUT2D eigenvalue weighted by Crippen LogP contribution is 2.20. The Morgan fingerprint density at radius 3 is 2.67 bits per heavy atom. The maximum atomic E-state index is 12.2. The van der Waals surface area contributed by atoms with Gasteiger partial charge in [0.1, 0.15) is 0 Å². The van der Waals surface area contributed by atoms with Crippen LogP contribution in [0.4, 0.5) is 10.5 Å². The molecule has 0 atom stereocenters. The standard InChI is InChI=1S/C17H23N3O2S2/c21-16(5-6-20-9-12-24-17(20)22)18-15-4-2-1-3-14(15)13-19-7-10-23-11-8-19/h1-4H,5-13H2,(H,18,21). The molecule has 0 bridgehead atoms. The number of carbonyl (C=O) groups excluding carboxylic acids is 2. The first-order chi connectivity index (χ1) is 11.7. The highest BCUT2D eigenvalue weighted by molar-refractivity contribution is 8.13. The predicted molar refractivity (Wildman–Crippen MR) is 102 cm³/mol. The molecule has 130 valence electrons. The Balaban J connectivity index is 1.53. The Morgan fingerprint density at radius 2 is 1.92 bits per heavy atom. The molecule has 0 aliphatic carbocycles. The first-order valence-electron chi connectivity index (χ1n) is 8.32. The fourth-order valence-electron chi connectivity index (χ4n) is 2.86. The van der Waals surface area contributed by atoms with Crippen LogP contribution in [0.1, 0.15) is 12.0 Å². The number of carbonyl (C=O) groups is 2. The van der Waals surface area contributed by atoms with Gasteiger partial charge in [-0.3, -0.25) is 14.5 Å². The molecule has 0 aromatic heterocycles. The Morgan fingerprint density at radius 1 is 1.12 bits per heavy atom. The molecule has 24 heavy (non-hydrogen) atoms. The van der Waals surface area contributed by atoms with Gasteiger partial charge >= 0.3 is 0 Å². The molecule has 2 amide bonds. The molecule has 2 aliphatic rings. The van der Waals surface area contributed by atoms with Crippen molar-refractivity contribution in [1.29, 1.82) is 0 Å². The monoisotopic (exact) mass is 365 g/mol. The molecular formula is C17H23N3O2S2. The molecule has 2 heterocycles. The molecule has 1 aromatic rings. The van der Waals surface area contributed by atoms with Crippen molar-refractivity contribution >= 4 is 40.4 Å². The summed E-state index contributed by atoms with van der Waals surface area (Å²) in [6.45, 7) is 4.32. The normalized spacial score (nSPS) is 18.8. The molecule has 0 unspecified atom stereocenters. The van der Waals surface area contributed by atoms with Crippen LogP contribution < -0.4 is 5.32 Å². The molecule has 0 radical (unpaired) electrons. The number of thioether (sulfide) groups is 2. The quantitative estimate of drug-likeness (QED) is 0.840. The van der Waals surface area contributed by atoms with Crippen LogP contribution in [0.2, 0.25) is 0 Å². The van der Waals surface area contributed by atoms with Crippen molar-refractivity contribution in [3.63, 3.8) is 0 Å². The number of amides is 2. The summed E-state index contributed by atoms with van der Waals surface area (Å²) in [5.74, 6) is 3.16. The Hall–Kier alpha value is -1.18. The molecule has 2 fully saturated rings. The van der Waals surface area contributed by atoms with Crippen molar-refractivity contribution in [3.8, 4) is 0 Å². The summed E-state index contributed by atoms with van der Waals surface area (Å²) in [5.41, 5.74) is 2.05. The van der Waals surface area contributed by atoms with Gasteiger partial charge in [-0.05, 0) is 11.6 Å². The summed E-state index contributed by atoms with van der Waals surface area (Å²) >= 11 is 3.33. The number of para-hydroxylation sites is 1. The zero-order valence-corrected chi connectivity index (χ0v) is 15.3. The summed E-state index contributed by atoms with van der Waals surface area (Å²) < 4.78 is 0. The number of benzene rings is 1. The molecule has 0 spiro atoms. The summed E-state index contributed by atoms with van der Waals surface area (Å²) in [7, 11) is 0. The summed E-state index contributed by atoms with van der Waals surface area (Å²) in [6, 6.07) is 8.01. The van der Waals surface area contributed by atoms with Crippen LogP contribution in [-0.2, 0) is 11.3 Å². The molecular weight excluding hydrogens is 342 g/mol. The molecule has 5 nitrogen and oxygen atoms in total. The maximum absolute atomic E-state index is 12.2. The van der Waals surface area contributed by atoms with E-state index >= 15 is 0 Å². The van der Waals surface area contributed by atoms with E-state index in [9.17, 15) is 9.59 Å². The van der Waals surface area contributed by atoms with Gasteiger partial charge in [-0.15, -0.1) is 0 Å². The van der Waals surface area contributed by atoms with Gasteiger partial charge in [-0.2, -0.15) is 11.8 Å². The summed E-state index contributed by atoms with van der Waals surface area (Å²) in [5, 5.41) is 3.11. The number of hydrogen-bond donors (Lipinski definition) is 1. The van der Waals surface area contributed by atoms with E-state index < -0.39 is 0 Å². The molecule has 2 aliphatic heterocycles. The van der Waals surface area contributed by atoms with Crippen molar-refractivity contribution in [2.75, 3.05) is 48.8 Å². The van der Waals surface area contributed by atoms with Gasteiger partial charge < -0.3 is 10.2 Å². The van der Waals surface area contributed by atoms with Crippen molar-refractivity contribution in [3.05, 3.63) is 29.8 Å². The first-order valence-corrected chi connectivity index (χ1v) is 10.5. The van der Waals surface area contributed by atoms with Crippen LogP contribution in [0, 0.1) is 0 Å². The average Bonchev–Trinajstić information content (AvgIpc) is 3.01. The van der Waals surface area contributed by atoms with Gasteiger partial charge in [0.05, 0.1) is 0 Å². The van der Waals surface area contributed by atoms with E-state index in [2.05, 4.69) is 16.3 Å². The lowest BCUT2D eigenvalue weighted by molar-refractivity contribution is -0.116. The van der Waals surface area contributed by atoms with E-state index in [1.54, 1.807) is 4.90 Å². The van der Waals surface area contributed by atoms with Gasteiger partial charge in [0.15, 0.2) is 0 Å². The minimum atomic E-state index is -0.0265. The van der Waals surface area contributed by atoms with E-state index in [4.69, 9.17) is 0 Å². The fraction of sp³-hybridized carbons (Fsp3) is 0.529. The summed E-state index contributed by atoms with van der Waals surface area (Å²) in [4.78, 5) is 28.0. The van der Waals surface area contributed by atoms with Crippen LogP contribution in [0.15, 0.2) is 24.3 Å². The van der Waals surface area contributed by atoms with Gasteiger partial charge in [0.2, 0.25) is 5.91 Å².